The molecule has 0 aliphatic carbocycles. The van der Waals surface area contributed by atoms with Gasteiger partial charge in [0.15, 0.2) is 11.4 Å². The summed E-state index contributed by atoms with van der Waals surface area (Å²) in [6.07, 6.45) is 0. The average molecular weight is 336 g/mol. The van der Waals surface area contributed by atoms with Crippen molar-refractivity contribution in [1.82, 2.24) is 10.6 Å². The van der Waals surface area contributed by atoms with E-state index in [1.165, 1.54) is 0 Å². The van der Waals surface area contributed by atoms with Crippen molar-refractivity contribution >= 4 is 10.4 Å². The van der Waals surface area contributed by atoms with Gasteiger partial charge >= 0.3 is 10.4 Å². The molecule has 0 bridgehead atoms. The maximum atomic E-state index is 11.7. The van der Waals surface area contributed by atoms with Crippen LogP contribution in [0.2, 0.25) is 0 Å². The lowest BCUT2D eigenvalue weighted by Crippen LogP contribution is -2.59. The van der Waals surface area contributed by atoms with E-state index in [2.05, 4.69) is 8.37 Å². The van der Waals surface area contributed by atoms with Gasteiger partial charge in [0.25, 0.3) is 0 Å². The predicted octanol–water partition coefficient (Wildman–Crippen LogP) is -5.29. The summed E-state index contributed by atoms with van der Waals surface area (Å²) < 4.78 is 32.2. The lowest BCUT2D eigenvalue weighted by molar-refractivity contribution is -0.107. The van der Waals surface area contributed by atoms with Crippen molar-refractivity contribution in [2.24, 2.45) is 0 Å². The fourth-order valence-corrected chi connectivity index (χ4v) is 2.33. The van der Waals surface area contributed by atoms with Crippen LogP contribution in [0.5, 0.6) is 0 Å². The number of nitrogens with one attached hydrogen (secondary N) is 2. The van der Waals surface area contributed by atoms with E-state index in [0.29, 0.717) is 0 Å². The summed E-state index contributed by atoms with van der Waals surface area (Å²) in [6, 6.07) is 0. The summed E-state index contributed by atoms with van der Waals surface area (Å²) in [7, 11) is -4.98. The van der Waals surface area contributed by atoms with E-state index in [4.69, 9.17) is 30.6 Å². The minimum Gasteiger partial charge on any atom is -0.392 e. The molecule has 13 heteroatoms. The Balaban J connectivity index is 5.19. The van der Waals surface area contributed by atoms with Crippen LogP contribution in [-0.4, -0.2) is 90.4 Å². The van der Waals surface area contributed by atoms with Crippen molar-refractivity contribution < 1.29 is 47.4 Å². The van der Waals surface area contributed by atoms with Crippen LogP contribution in [0.3, 0.4) is 0 Å². The molecule has 0 radical (unpaired) electrons. The zero-order valence-corrected chi connectivity index (χ0v) is 11.8. The maximum Gasteiger partial charge on any atom is 0.403 e. The molecule has 0 unspecified atom stereocenters. The summed E-state index contributed by atoms with van der Waals surface area (Å²) >= 11 is 0. The van der Waals surface area contributed by atoms with E-state index in [1.54, 1.807) is 0 Å². The number of aliphatic hydroxyl groups excluding tert-OH is 6. The molecule has 0 saturated heterocycles. The quantitative estimate of drug-likeness (QED) is 0.158. The summed E-state index contributed by atoms with van der Waals surface area (Å²) in [4.78, 5) is 0. The molecule has 21 heavy (non-hydrogen) atoms. The van der Waals surface area contributed by atoms with Crippen molar-refractivity contribution in [2.45, 2.75) is 11.4 Å². The summed E-state index contributed by atoms with van der Waals surface area (Å²) in [5.74, 6) is 0. The summed E-state index contributed by atoms with van der Waals surface area (Å²) in [5, 5.41) is 57.6. The highest BCUT2D eigenvalue weighted by Gasteiger charge is 2.41. The molecular formula is C8H20N2O10S. The van der Waals surface area contributed by atoms with Gasteiger partial charge in [-0.2, -0.15) is 8.42 Å². The zero-order chi connectivity index (χ0) is 16.6. The third-order valence-electron chi connectivity index (χ3n) is 2.35. The van der Waals surface area contributed by atoms with Gasteiger partial charge in [-0.3, -0.25) is 10.6 Å². The van der Waals surface area contributed by atoms with E-state index in [-0.39, 0.29) is 0 Å². The first-order valence-electron chi connectivity index (χ1n) is 5.59. The van der Waals surface area contributed by atoms with E-state index < -0.39 is 61.7 Å². The van der Waals surface area contributed by atoms with Gasteiger partial charge in [0.1, 0.15) is 0 Å². The van der Waals surface area contributed by atoms with Gasteiger partial charge in [-0.05, 0) is 0 Å². The molecule has 0 atom stereocenters. The lowest BCUT2D eigenvalue weighted by atomic mass is 10.3. The van der Waals surface area contributed by atoms with Crippen LogP contribution >= 0.6 is 0 Å². The Hall–Kier alpha value is -0.450. The topological polar surface area (TPSA) is 198 Å². The van der Waals surface area contributed by atoms with Gasteiger partial charge in [0.05, 0.1) is 39.9 Å². The number of rotatable bonds is 12. The maximum absolute atomic E-state index is 11.7. The Bertz CT molecular complexity index is 351. The van der Waals surface area contributed by atoms with E-state index in [1.807, 2.05) is 10.6 Å². The second-order valence-corrected chi connectivity index (χ2v) is 5.02. The van der Waals surface area contributed by atoms with E-state index in [9.17, 15) is 8.42 Å². The van der Waals surface area contributed by atoms with Gasteiger partial charge in [0, 0.05) is 0 Å². The zero-order valence-electron chi connectivity index (χ0n) is 11.0. The first-order chi connectivity index (χ1) is 9.78. The Morgan fingerprint density at radius 2 is 1.00 bits per heavy atom. The predicted molar refractivity (Wildman–Crippen MR) is 65.3 cm³/mol. The third-order valence-corrected chi connectivity index (χ3v) is 3.39. The van der Waals surface area contributed by atoms with E-state index >= 15 is 0 Å². The third kappa shape index (κ3) is 6.05. The van der Waals surface area contributed by atoms with Crippen molar-refractivity contribution in [3.63, 3.8) is 0 Å². The molecule has 0 aliphatic heterocycles. The molecule has 0 spiro atoms. The Morgan fingerprint density at radius 1 is 0.714 bits per heavy atom. The van der Waals surface area contributed by atoms with Crippen LogP contribution < -0.4 is 10.6 Å². The van der Waals surface area contributed by atoms with E-state index in [0.717, 1.165) is 0 Å². The highest BCUT2D eigenvalue weighted by Crippen LogP contribution is 2.17. The molecule has 0 heterocycles. The molecule has 0 aromatic heterocycles. The molecule has 0 aromatic carbocycles. The first kappa shape index (κ1) is 20.6. The number of hydrogen-bond donors (Lipinski definition) is 8. The Morgan fingerprint density at radius 3 is 1.19 bits per heavy atom. The van der Waals surface area contributed by atoms with Crippen LogP contribution in [0.15, 0.2) is 0 Å². The van der Waals surface area contributed by atoms with Crippen LogP contribution in [0.25, 0.3) is 0 Å². The molecule has 128 valence electrons. The van der Waals surface area contributed by atoms with Crippen molar-refractivity contribution in [3.8, 4) is 0 Å². The smallest absolute Gasteiger partial charge is 0.392 e. The first-order valence-corrected chi connectivity index (χ1v) is 6.93. The van der Waals surface area contributed by atoms with Crippen LogP contribution in [0.1, 0.15) is 0 Å². The lowest BCUT2D eigenvalue weighted by Gasteiger charge is -2.33. The monoisotopic (exact) mass is 336 g/mol. The Kier molecular flexibility index (Phi) is 8.67. The fraction of sp³-hybridized carbons (Fsp3) is 1.00. The van der Waals surface area contributed by atoms with Crippen molar-refractivity contribution in [1.29, 1.82) is 0 Å². The highest BCUT2D eigenvalue weighted by molar-refractivity contribution is 7.81. The average Bonchev–Trinajstić information content (AvgIpc) is 2.45. The molecule has 8 N–H and O–H groups in total. The van der Waals surface area contributed by atoms with Gasteiger partial charge < -0.3 is 30.6 Å². The van der Waals surface area contributed by atoms with Gasteiger partial charge in [-0.15, -0.1) is 0 Å². The fourth-order valence-electron chi connectivity index (χ4n) is 1.18. The minimum atomic E-state index is -4.98. The highest BCUT2D eigenvalue weighted by atomic mass is 32.3. The van der Waals surface area contributed by atoms with Crippen LogP contribution in [-0.2, 0) is 18.8 Å². The molecule has 0 amide bonds. The summed E-state index contributed by atoms with van der Waals surface area (Å²) in [5.41, 5.74) is -4.55. The summed E-state index contributed by atoms with van der Waals surface area (Å²) in [6.45, 7) is -5.87. The molecule has 0 fully saturated rings. The standard InChI is InChI=1S/C8H20N2O10S/c11-1-7(2-12,9-5-15)19-21(17,18)20-8(3-13,4-14)10-6-16/h9-16H,1-6H2. The molecule has 0 aliphatic rings. The normalized spacial score (nSPS) is 13.6. The van der Waals surface area contributed by atoms with Crippen molar-refractivity contribution in [2.75, 3.05) is 39.9 Å². The molecule has 12 nitrogen and oxygen atoms in total. The second kappa shape index (κ2) is 8.86. The SMILES string of the molecule is O=S(=O)(OC(CO)(CO)NCO)OC(CO)(CO)NCO. The van der Waals surface area contributed by atoms with Gasteiger partial charge in [-0.1, -0.05) is 0 Å². The van der Waals surface area contributed by atoms with Crippen LogP contribution in [0, 0.1) is 0 Å². The van der Waals surface area contributed by atoms with Gasteiger partial charge in [0.2, 0.25) is 0 Å². The number of hydrogen-bond acceptors (Lipinski definition) is 12. The molecule has 0 saturated carbocycles. The van der Waals surface area contributed by atoms with Crippen LogP contribution in [0.4, 0.5) is 0 Å². The van der Waals surface area contributed by atoms with Crippen molar-refractivity contribution in [3.05, 3.63) is 0 Å². The molecular weight excluding hydrogens is 316 g/mol. The number of aliphatic hydroxyl groups is 6. The Labute approximate surface area is 120 Å². The minimum absolute atomic E-state index is 0.837. The largest absolute Gasteiger partial charge is 0.403 e. The second-order valence-electron chi connectivity index (χ2n) is 3.87. The van der Waals surface area contributed by atoms with Gasteiger partial charge in [-0.25, -0.2) is 8.37 Å². The molecule has 0 aromatic rings. The molecule has 0 rings (SSSR count).